The average Bonchev–Trinajstić information content (AvgIpc) is 2.30. The maximum atomic E-state index is 11.8. The predicted molar refractivity (Wildman–Crippen MR) is 64.1 cm³/mol. The van der Waals surface area contributed by atoms with Gasteiger partial charge in [0.05, 0.1) is 12.8 Å². The molecule has 1 aromatic carbocycles. The van der Waals surface area contributed by atoms with E-state index in [9.17, 15) is 4.79 Å². The molecule has 1 amide bonds. The Morgan fingerprint density at radius 1 is 1.50 bits per heavy atom. The van der Waals surface area contributed by atoms with Crippen LogP contribution < -0.4 is 15.0 Å². The van der Waals surface area contributed by atoms with Gasteiger partial charge in [-0.3, -0.25) is 4.79 Å². The zero-order valence-electron chi connectivity index (χ0n) is 9.78. The Hall–Kier alpha value is -1.71. The van der Waals surface area contributed by atoms with Crippen LogP contribution in [-0.2, 0) is 4.79 Å². The highest BCUT2D eigenvalue weighted by Gasteiger charge is 2.29. The molecule has 0 saturated carbocycles. The maximum Gasteiger partial charge on any atom is 0.246 e. The Bertz CT molecular complexity index is 417. The molecule has 0 aliphatic carbocycles. The molecule has 0 bridgehead atoms. The summed E-state index contributed by atoms with van der Waals surface area (Å²) in [4.78, 5) is 13.9. The second-order valence-corrected chi connectivity index (χ2v) is 3.81. The summed E-state index contributed by atoms with van der Waals surface area (Å²) in [6.45, 7) is 4.74. The van der Waals surface area contributed by atoms with Crippen LogP contribution in [0.4, 0.5) is 11.4 Å². The molecule has 4 heteroatoms. The second kappa shape index (κ2) is 4.04. The van der Waals surface area contributed by atoms with E-state index >= 15 is 0 Å². The van der Waals surface area contributed by atoms with Crippen molar-refractivity contribution in [3.05, 3.63) is 18.2 Å². The first-order valence-corrected chi connectivity index (χ1v) is 5.43. The number of fused-ring (bicyclic) bond motifs is 1. The van der Waals surface area contributed by atoms with Crippen molar-refractivity contribution in [3.8, 4) is 5.75 Å². The number of benzene rings is 1. The molecule has 0 saturated heterocycles. The minimum absolute atomic E-state index is 0.0128. The molecular formula is C12H16N2O2. The molecule has 0 fully saturated rings. The molecule has 1 N–H and O–H groups in total. The summed E-state index contributed by atoms with van der Waals surface area (Å²) >= 11 is 0. The molecule has 16 heavy (non-hydrogen) atoms. The fourth-order valence-corrected chi connectivity index (χ4v) is 2.08. The van der Waals surface area contributed by atoms with E-state index in [1.54, 1.807) is 7.11 Å². The van der Waals surface area contributed by atoms with Gasteiger partial charge in [-0.15, -0.1) is 0 Å². The highest BCUT2D eigenvalue weighted by molar-refractivity contribution is 6.04. The van der Waals surface area contributed by atoms with E-state index in [0.29, 0.717) is 5.75 Å². The number of methoxy groups -OCH3 is 1. The molecule has 1 aromatic rings. The Kier molecular flexibility index (Phi) is 2.73. The van der Waals surface area contributed by atoms with Crippen LogP contribution in [0.15, 0.2) is 18.2 Å². The third-order valence-corrected chi connectivity index (χ3v) is 2.97. The van der Waals surface area contributed by atoms with Gasteiger partial charge in [-0.05, 0) is 26.0 Å². The standard InChI is InChI=1S/C12H16N2O2/c1-4-14-8(2)12(15)13-11-9(14)6-5-7-10(11)16-3/h5-8H,4H2,1-3H3,(H,13,15). The number of nitrogens with zero attached hydrogens (tertiary/aromatic N) is 1. The molecule has 1 heterocycles. The van der Waals surface area contributed by atoms with Crippen LogP contribution >= 0.6 is 0 Å². The van der Waals surface area contributed by atoms with Crippen molar-refractivity contribution in [1.82, 2.24) is 0 Å². The minimum Gasteiger partial charge on any atom is -0.494 e. The van der Waals surface area contributed by atoms with Crippen molar-refractivity contribution < 1.29 is 9.53 Å². The number of hydrogen-bond donors (Lipinski definition) is 1. The Morgan fingerprint density at radius 3 is 2.88 bits per heavy atom. The number of hydrogen-bond acceptors (Lipinski definition) is 3. The van der Waals surface area contributed by atoms with E-state index < -0.39 is 0 Å². The number of anilines is 2. The van der Waals surface area contributed by atoms with Gasteiger partial charge in [-0.1, -0.05) is 6.07 Å². The van der Waals surface area contributed by atoms with Crippen molar-refractivity contribution in [2.45, 2.75) is 19.9 Å². The SMILES string of the molecule is CCN1c2cccc(OC)c2NC(=O)C1C. The molecule has 86 valence electrons. The summed E-state index contributed by atoms with van der Waals surface area (Å²) < 4.78 is 5.25. The molecule has 0 aromatic heterocycles. The molecule has 1 unspecified atom stereocenters. The van der Waals surface area contributed by atoms with Crippen molar-refractivity contribution in [3.63, 3.8) is 0 Å². The third-order valence-electron chi connectivity index (χ3n) is 2.97. The summed E-state index contributed by atoms with van der Waals surface area (Å²) in [6.07, 6.45) is 0. The average molecular weight is 220 g/mol. The van der Waals surface area contributed by atoms with Crippen molar-refractivity contribution >= 4 is 17.3 Å². The van der Waals surface area contributed by atoms with Crippen molar-refractivity contribution in [1.29, 1.82) is 0 Å². The number of nitrogens with one attached hydrogen (secondary N) is 1. The maximum absolute atomic E-state index is 11.8. The number of carbonyl (C=O) groups excluding carboxylic acids is 1. The fourth-order valence-electron chi connectivity index (χ4n) is 2.08. The smallest absolute Gasteiger partial charge is 0.246 e. The van der Waals surface area contributed by atoms with Gasteiger partial charge in [0.15, 0.2) is 0 Å². The molecule has 0 radical (unpaired) electrons. The molecule has 2 rings (SSSR count). The van der Waals surface area contributed by atoms with Gasteiger partial charge in [0.25, 0.3) is 0 Å². The number of likely N-dealkylation sites (N-methyl/N-ethyl adjacent to an activating group) is 1. The number of rotatable bonds is 2. The summed E-state index contributed by atoms with van der Waals surface area (Å²) in [5.74, 6) is 0.718. The minimum atomic E-state index is -0.135. The topological polar surface area (TPSA) is 41.6 Å². The van der Waals surface area contributed by atoms with E-state index in [4.69, 9.17) is 4.74 Å². The van der Waals surface area contributed by atoms with Gasteiger partial charge in [0.2, 0.25) is 5.91 Å². The van der Waals surface area contributed by atoms with Gasteiger partial charge in [-0.2, -0.15) is 0 Å². The highest BCUT2D eigenvalue weighted by Crippen LogP contribution is 2.38. The van der Waals surface area contributed by atoms with E-state index in [1.807, 2.05) is 32.0 Å². The Labute approximate surface area is 95.2 Å². The summed E-state index contributed by atoms with van der Waals surface area (Å²) in [6, 6.07) is 5.65. The number of carbonyl (C=O) groups is 1. The normalized spacial score (nSPS) is 19.1. The first kappa shape index (κ1) is 10.8. The van der Waals surface area contributed by atoms with Crippen LogP contribution in [0.2, 0.25) is 0 Å². The summed E-state index contributed by atoms with van der Waals surface area (Å²) in [5, 5.41) is 2.89. The van der Waals surface area contributed by atoms with Crippen molar-refractivity contribution in [2.75, 3.05) is 23.9 Å². The van der Waals surface area contributed by atoms with E-state index in [1.165, 1.54) is 0 Å². The van der Waals surface area contributed by atoms with Gasteiger partial charge in [0.1, 0.15) is 17.5 Å². The molecule has 1 aliphatic heterocycles. The van der Waals surface area contributed by atoms with Gasteiger partial charge in [0, 0.05) is 6.54 Å². The number of amides is 1. The zero-order valence-corrected chi connectivity index (χ0v) is 9.78. The lowest BCUT2D eigenvalue weighted by atomic mass is 10.1. The Morgan fingerprint density at radius 2 is 2.25 bits per heavy atom. The van der Waals surface area contributed by atoms with Crippen LogP contribution in [-0.4, -0.2) is 25.6 Å². The number of para-hydroxylation sites is 1. The fraction of sp³-hybridized carbons (Fsp3) is 0.417. The van der Waals surface area contributed by atoms with Gasteiger partial charge in [-0.25, -0.2) is 0 Å². The third kappa shape index (κ3) is 1.50. The predicted octanol–water partition coefficient (Wildman–Crippen LogP) is 1.86. The molecule has 1 aliphatic rings. The van der Waals surface area contributed by atoms with Crippen LogP contribution in [0.3, 0.4) is 0 Å². The highest BCUT2D eigenvalue weighted by atomic mass is 16.5. The molecule has 4 nitrogen and oxygen atoms in total. The largest absolute Gasteiger partial charge is 0.494 e. The lowest BCUT2D eigenvalue weighted by molar-refractivity contribution is -0.117. The van der Waals surface area contributed by atoms with Crippen molar-refractivity contribution in [2.24, 2.45) is 0 Å². The van der Waals surface area contributed by atoms with Crippen LogP contribution in [0, 0.1) is 0 Å². The van der Waals surface area contributed by atoms with Crippen LogP contribution in [0.1, 0.15) is 13.8 Å². The molecule has 1 atom stereocenters. The lowest BCUT2D eigenvalue weighted by Crippen LogP contribution is -2.46. The molecule has 0 spiro atoms. The second-order valence-electron chi connectivity index (χ2n) is 3.81. The monoisotopic (exact) mass is 220 g/mol. The summed E-state index contributed by atoms with van der Waals surface area (Å²) in [5.41, 5.74) is 1.80. The Balaban J connectivity index is 2.53. The van der Waals surface area contributed by atoms with Crippen LogP contribution in [0.25, 0.3) is 0 Å². The van der Waals surface area contributed by atoms with E-state index in [2.05, 4.69) is 10.2 Å². The van der Waals surface area contributed by atoms with Gasteiger partial charge < -0.3 is 15.0 Å². The lowest BCUT2D eigenvalue weighted by Gasteiger charge is -2.35. The van der Waals surface area contributed by atoms with E-state index in [-0.39, 0.29) is 11.9 Å². The van der Waals surface area contributed by atoms with Gasteiger partial charge >= 0.3 is 0 Å². The first-order valence-electron chi connectivity index (χ1n) is 5.43. The van der Waals surface area contributed by atoms with E-state index in [0.717, 1.165) is 17.9 Å². The van der Waals surface area contributed by atoms with Crippen LogP contribution in [0.5, 0.6) is 5.75 Å². The zero-order chi connectivity index (χ0) is 11.7. The number of ether oxygens (including phenoxy) is 1. The summed E-state index contributed by atoms with van der Waals surface area (Å²) in [7, 11) is 1.61. The quantitative estimate of drug-likeness (QED) is 0.827. The first-order chi connectivity index (χ1) is 7.69. The molecular weight excluding hydrogens is 204 g/mol.